The number of para-hydroxylation sites is 1. The number of rotatable bonds is 0. The van der Waals surface area contributed by atoms with E-state index in [1.54, 1.807) is 0 Å². The van der Waals surface area contributed by atoms with Crippen molar-refractivity contribution < 1.29 is 4.74 Å². The molecular weight excluding hydrogens is 374 g/mol. The van der Waals surface area contributed by atoms with Gasteiger partial charge in [0, 0.05) is 33.9 Å². The fourth-order valence-electron chi connectivity index (χ4n) is 3.86. The fourth-order valence-corrected chi connectivity index (χ4v) is 4.23. The molecule has 0 N–H and O–H groups in total. The van der Waals surface area contributed by atoms with Crippen molar-refractivity contribution in [3.05, 3.63) is 88.4 Å². The van der Waals surface area contributed by atoms with Crippen molar-refractivity contribution in [3.63, 3.8) is 0 Å². The van der Waals surface area contributed by atoms with Gasteiger partial charge in [-0.3, -0.25) is 0 Å². The molecule has 3 heteroatoms. The van der Waals surface area contributed by atoms with E-state index >= 15 is 0 Å². The first kappa shape index (κ1) is 14.8. The summed E-state index contributed by atoms with van der Waals surface area (Å²) < 4.78 is 7.68. The molecule has 0 aliphatic carbocycles. The number of nitrogens with zero attached hydrogens (tertiary/aromatic N) is 1. The summed E-state index contributed by atoms with van der Waals surface area (Å²) in [6, 6.07) is 23.1. The van der Waals surface area contributed by atoms with Gasteiger partial charge in [0.2, 0.25) is 5.72 Å². The molecule has 2 heterocycles. The van der Waals surface area contributed by atoms with Crippen LogP contribution < -0.4 is 9.64 Å². The zero-order valence-electron chi connectivity index (χ0n) is 13.7. The summed E-state index contributed by atoms with van der Waals surface area (Å²) in [5, 5.41) is 0. The molecule has 2 aliphatic heterocycles. The Morgan fingerprint density at radius 1 is 0.920 bits per heavy atom. The van der Waals surface area contributed by atoms with Crippen LogP contribution in [0.2, 0.25) is 0 Å². The lowest BCUT2D eigenvalue weighted by Gasteiger charge is -2.47. The van der Waals surface area contributed by atoms with Gasteiger partial charge in [0.25, 0.3) is 0 Å². The molecule has 2 nitrogen and oxygen atoms in total. The SMILES string of the molecule is CN1c2ccccc2-c2ccccc2[C@]12C=Cc1cc(Br)ccc1O2. The van der Waals surface area contributed by atoms with Crippen molar-refractivity contribution in [2.24, 2.45) is 0 Å². The maximum absolute atomic E-state index is 6.63. The van der Waals surface area contributed by atoms with Crippen molar-refractivity contribution >= 4 is 27.7 Å². The van der Waals surface area contributed by atoms with Crippen LogP contribution in [0, 0.1) is 0 Å². The molecule has 0 amide bonds. The summed E-state index contributed by atoms with van der Waals surface area (Å²) in [6.45, 7) is 0. The number of hydrogen-bond donors (Lipinski definition) is 0. The second kappa shape index (κ2) is 5.24. The standard InChI is InChI=1S/C22H16BrNO/c1-24-20-9-5-3-7-18(20)17-6-2-4-8-19(17)22(24)13-12-15-14-16(23)10-11-21(15)25-22/h2-14H,1H3/t22-/m1/s1. The highest BCUT2D eigenvalue weighted by Gasteiger charge is 2.44. The first-order chi connectivity index (χ1) is 12.2. The van der Waals surface area contributed by atoms with Crippen molar-refractivity contribution in [2.75, 3.05) is 11.9 Å². The lowest BCUT2D eigenvalue weighted by Crippen LogP contribution is -2.50. The molecule has 0 radical (unpaired) electrons. The molecule has 0 fully saturated rings. The van der Waals surface area contributed by atoms with Crippen LogP contribution in [0.3, 0.4) is 0 Å². The van der Waals surface area contributed by atoms with Crippen molar-refractivity contribution in [1.29, 1.82) is 0 Å². The average Bonchev–Trinajstić information content (AvgIpc) is 2.66. The van der Waals surface area contributed by atoms with Crippen LogP contribution in [0.25, 0.3) is 17.2 Å². The second-order valence-corrected chi connectivity index (χ2v) is 7.35. The Labute approximate surface area is 155 Å². The van der Waals surface area contributed by atoms with Crippen molar-refractivity contribution in [2.45, 2.75) is 5.72 Å². The van der Waals surface area contributed by atoms with E-state index in [4.69, 9.17) is 4.74 Å². The minimum absolute atomic E-state index is 0.633. The summed E-state index contributed by atoms with van der Waals surface area (Å²) >= 11 is 3.54. The van der Waals surface area contributed by atoms with E-state index in [1.807, 2.05) is 12.1 Å². The molecule has 0 saturated heterocycles. The molecule has 1 spiro atoms. The highest BCUT2D eigenvalue weighted by Crippen LogP contribution is 2.50. The topological polar surface area (TPSA) is 12.5 Å². The van der Waals surface area contributed by atoms with Crippen LogP contribution in [0.5, 0.6) is 5.75 Å². The van der Waals surface area contributed by atoms with Crippen LogP contribution >= 0.6 is 15.9 Å². The predicted molar refractivity (Wildman–Crippen MR) is 106 cm³/mol. The first-order valence-corrected chi connectivity index (χ1v) is 9.09. The third-order valence-corrected chi connectivity index (χ3v) is 5.59. The Bertz CT molecular complexity index is 1030. The molecule has 0 unspecified atom stereocenters. The molecule has 3 aromatic rings. The Hall–Kier alpha value is -2.52. The van der Waals surface area contributed by atoms with Gasteiger partial charge in [-0.1, -0.05) is 58.4 Å². The lowest BCUT2D eigenvalue weighted by molar-refractivity contribution is 0.116. The van der Waals surface area contributed by atoms with Gasteiger partial charge in [-0.25, -0.2) is 0 Å². The number of fused-ring (bicyclic) bond motifs is 5. The van der Waals surface area contributed by atoms with Gasteiger partial charge in [0.1, 0.15) is 5.75 Å². The van der Waals surface area contributed by atoms with E-state index in [2.05, 4.69) is 94.6 Å². The molecule has 0 saturated carbocycles. The smallest absolute Gasteiger partial charge is 0.229 e. The minimum atomic E-state index is -0.633. The zero-order chi connectivity index (χ0) is 17.0. The summed E-state index contributed by atoms with van der Waals surface area (Å²) in [5.41, 5.74) is 5.26. The normalized spacial score (nSPS) is 19.8. The third-order valence-electron chi connectivity index (χ3n) is 5.09. The Kier molecular flexibility index (Phi) is 3.10. The summed E-state index contributed by atoms with van der Waals surface area (Å²) in [5.74, 6) is 0.895. The monoisotopic (exact) mass is 389 g/mol. The van der Waals surface area contributed by atoms with Gasteiger partial charge in [-0.2, -0.15) is 0 Å². The molecule has 0 aromatic heterocycles. The Morgan fingerprint density at radius 3 is 2.56 bits per heavy atom. The van der Waals surface area contributed by atoms with Gasteiger partial charge in [-0.05, 0) is 42.0 Å². The predicted octanol–water partition coefficient (Wildman–Crippen LogP) is 5.82. The molecule has 1 atom stereocenters. The van der Waals surface area contributed by atoms with E-state index in [9.17, 15) is 0 Å². The quantitative estimate of drug-likeness (QED) is 0.479. The van der Waals surface area contributed by atoms with Gasteiger partial charge >= 0.3 is 0 Å². The molecule has 25 heavy (non-hydrogen) atoms. The second-order valence-electron chi connectivity index (χ2n) is 6.44. The van der Waals surface area contributed by atoms with Gasteiger partial charge in [0.05, 0.1) is 0 Å². The molecule has 2 aliphatic rings. The first-order valence-electron chi connectivity index (χ1n) is 8.30. The van der Waals surface area contributed by atoms with E-state index in [0.29, 0.717) is 0 Å². The summed E-state index contributed by atoms with van der Waals surface area (Å²) in [4.78, 5) is 2.23. The zero-order valence-corrected chi connectivity index (χ0v) is 15.3. The molecule has 122 valence electrons. The minimum Gasteiger partial charge on any atom is -0.459 e. The largest absolute Gasteiger partial charge is 0.459 e. The van der Waals surface area contributed by atoms with Crippen LogP contribution in [-0.4, -0.2) is 7.05 Å². The maximum atomic E-state index is 6.63. The fraction of sp³-hybridized carbons (Fsp3) is 0.0909. The Morgan fingerprint density at radius 2 is 1.68 bits per heavy atom. The molecule has 5 rings (SSSR count). The number of likely N-dealkylation sites (N-methyl/N-ethyl adjacent to an activating group) is 1. The van der Waals surface area contributed by atoms with E-state index < -0.39 is 5.72 Å². The van der Waals surface area contributed by atoms with Gasteiger partial charge in [-0.15, -0.1) is 0 Å². The number of halogens is 1. The number of benzene rings is 3. The van der Waals surface area contributed by atoms with Crippen LogP contribution in [-0.2, 0) is 5.72 Å². The number of ether oxygens (including phenoxy) is 1. The van der Waals surface area contributed by atoms with Crippen molar-refractivity contribution in [3.8, 4) is 16.9 Å². The van der Waals surface area contributed by atoms with Crippen LogP contribution in [0.4, 0.5) is 5.69 Å². The molecule has 0 bridgehead atoms. The highest BCUT2D eigenvalue weighted by molar-refractivity contribution is 9.10. The average molecular weight is 390 g/mol. The van der Waals surface area contributed by atoms with Crippen LogP contribution in [0.15, 0.2) is 77.3 Å². The third kappa shape index (κ3) is 2.02. The van der Waals surface area contributed by atoms with Crippen LogP contribution in [0.1, 0.15) is 11.1 Å². The van der Waals surface area contributed by atoms with E-state index in [-0.39, 0.29) is 0 Å². The van der Waals surface area contributed by atoms with Gasteiger partial charge < -0.3 is 9.64 Å². The molecular formula is C22H16BrNO. The van der Waals surface area contributed by atoms with Gasteiger partial charge in [0.15, 0.2) is 0 Å². The lowest BCUT2D eigenvalue weighted by atomic mass is 9.84. The number of hydrogen-bond acceptors (Lipinski definition) is 2. The van der Waals surface area contributed by atoms with E-state index in [1.165, 1.54) is 22.4 Å². The number of anilines is 1. The molecule has 3 aromatic carbocycles. The maximum Gasteiger partial charge on any atom is 0.229 e. The highest BCUT2D eigenvalue weighted by atomic mass is 79.9. The Balaban J connectivity index is 1.77. The summed E-state index contributed by atoms with van der Waals surface area (Å²) in [6.07, 6.45) is 4.32. The van der Waals surface area contributed by atoms with E-state index in [0.717, 1.165) is 15.8 Å². The van der Waals surface area contributed by atoms with Crippen molar-refractivity contribution in [1.82, 2.24) is 0 Å². The summed E-state index contributed by atoms with van der Waals surface area (Å²) in [7, 11) is 2.10.